The van der Waals surface area contributed by atoms with Crippen molar-refractivity contribution in [1.82, 2.24) is 10.3 Å². The highest BCUT2D eigenvalue weighted by atomic mass is 32.2. The molecule has 3 aromatic rings. The van der Waals surface area contributed by atoms with Crippen LogP contribution < -0.4 is 5.32 Å². The quantitative estimate of drug-likeness (QED) is 0.610. The maximum Gasteiger partial charge on any atom is 0.408 e. The lowest BCUT2D eigenvalue weighted by Gasteiger charge is -2.23. The van der Waals surface area contributed by atoms with Crippen molar-refractivity contribution in [2.24, 2.45) is 0 Å². The van der Waals surface area contributed by atoms with Crippen molar-refractivity contribution in [3.63, 3.8) is 0 Å². The van der Waals surface area contributed by atoms with Crippen molar-refractivity contribution in [3.8, 4) is 11.3 Å². The number of benzene rings is 2. The van der Waals surface area contributed by atoms with E-state index in [-0.39, 0.29) is 4.90 Å². The number of ether oxygens (including phenoxy) is 1. The number of amides is 1. The van der Waals surface area contributed by atoms with E-state index in [1.807, 2.05) is 0 Å². The maximum absolute atomic E-state index is 13.8. The van der Waals surface area contributed by atoms with Gasteiger partial charge in [-0.25, -0.2) is 22.6 Å². The highest BCUT2D eigenvalue weighted by molar-refractivity contribution is 7.90. The van der Waals surface area contributed by atoms with E-state index in [2.05, 4.69) is 10.3 Å². The summed E-state index contributed by atoms with van der Waals surface area (Å²) in [5, 5.41) is 3.43. The minimum Gasteiger partial charge on any atom is -0.444 e. The minimum atomic E-state index is -3.56. The predicted molar refractivity (Wildman–Crippen MR) is 118 cm³/mol. The van der Waals surface area contributed by atoms with Gasteiger partial charge in [-0.05, 0) is 52.0 Å². The topological polar surface area (TPSA) is 85.4 Å². The van der Waals surface area contributed by atoms with E-state index in [1.165, 1.54) is 18.2 Å². The maximum atomic E-state index is 13.8. The Morgan fingerprint density at radius 3 is 2.45 bits per heavy atom. The normalized spacial score (nSPS) is 13.1. The molecule has 164 valence electrons. The summed E-state index contributed by atoms with van der Waals surface area (Å²) in [5.74, 6) is -0.449. The van der Waals surface area contributed by atoms with Crippen LogP contribution in [0.15, 0.2) is 53.4 Å². The molecule has 0 saturated carbocycles. The molecule has 0 saturated heterocycles. The average molecular weight is 445 g/mol. The zero-order chi connectivity index (χ0) is 23.0. The number of nitrogens with one attached hydrogen (secondary N) is 1. The summed E-state index contributed by atoms with van der Waals surface area (Å²) >= 11 is 0. The fraction of sp³-hybridized carbons (Fsp3) is 0.304. The summed E-state index contributed by atoms with van der Waals surface area (Å²) < 4.78 is 43.9. The Kier molecular flexibility index (Phi) is 6.04. The second kappa shape index (κ2) is 8.26. The lowest BCUT2D eigenvalue weighted by atomic mass is 9.98. The Hall–Kier alpha value is -3.00. The minimum absolute atomic E-state index is 0.101. The van der Waals surface area contributed by atoms with Crippen molar-refractivity contribution in [2.45, 2.75) is 44.2 Å². The first-order valence-corrected chi connectivity index (χ1v) is 11.6. The number of halogens is 1. The van der Waals surface area contributed by atoms with E-state index in [9.17, 15) is 17.6 Å². The molecule has 31 heavy (non-hydrogen) atoms. The van der Waals surface area contributed by atoms with Crippen LogP contribution in [-0.4, -0.2) is 31.4 Å². The number of fused-ring (bicyclic) bond motifs is 1. The summed E-state index contributed by atoms with van der Waals surface area (Å²) in [7, 11) is -3.56. The number of rotatable bonds is 4. The van der Waals surface area contributed by atoms with Crippen LogP contribution in [0, 0.1) is 5.82 Å². The molecule has 0 radical (unpaired) electrons. The molecule has 2 aromatic carbocycles. The fourth-order valence-electron chi connectivity index (χ4n) is 3.25. The van der Waals surface area contributed by atoms with Gasteiger partial charge in [0.25, 0.3) is 0 Å². The third-order valence-electron chi connectivity index (χ3n) is 4.55. The van der Waals surface area contributed by atoms with E-state index in [1.54, 1.807) is 58.0 Å². The molecule has 1 atom stereocenters. The Labute approximate surface area is 181 Å². The molecule has 1 N–H and O–H groups in total. The van der Waals surface area contributed by atoms with Gasteiger partial charge in [0, 0.05) is 28.8 Å². The van der Waals surface area contributed by atoms with Crippen LogP contribution >= 0.6 is 0 Å². The van der Waals surface area contributed by atoms with Crippen molar-refractivity contribution < 1.29 is 22.3 Å². The number of hydrogen-bond acceptors (Lipinski definition) is 5. The van der Waals surface area contributed by atoms with Crippen molar-refractivity contribution in [3.05, 3.63) is 59.9 Å². The lowest BCUT2D eigenvalue weighted by Crippen LogP contribution is -2.34. The van der Waals surface area contributed by atoms with Gasteiger partial charge in [0.15, 0.2) is 9.84 Å². The highest BCUT2D eigenvalue weighted by Gasteiger charge is 2.24. The van der Waals surface area contributed by atoms with Gasteiger partial charge in [0.2, 0.25) is 0 Å². The van der Waals surface area contributed by atoms with Crippen LogP contribution in [0.2, 0.25) is 0 Å². The van der Waals surface area contributed by atoms with Crippen LogP contribution in [0.1, 0.15) is 39.3 Å². The van der Waals surface area contributed by atoms with E-state index in [4.69, 9.17) is 4.74 Å². The van der Waals surface area contributed by atoms with Gasteiger partial charge in [-0.2, -0.15) is 0 Å². The highest BCUT2D eigenvalue weighted by Crippen LogP contribution is 2.34. The van der Waals surface area contributed by atoms with Gasteiger partial charge in [0.05, 0.1) is 22.1 Å². The Morgan fingerprint density at radius 2 is 1.81 bits per heavy atom. The second-order valence-electron chi connectivity index (χ2n) is 8.40. The zero-order valence-corrected chi connectivity index (χ0v) is 18.9. The number of alkyl carbamates (subject to hydrolysis) is 1. The van der Waals surface area contributed by atoms with Crippen LogP contribution in [0.25, 0.3) is 22.2 Å². The number of carbonyl (C=O) groups is 1. The summed E-state index contributed by atoms with van der Waals surface area (Å²) in [6, 6.07) is 11.9. The van der Waals surface area contributed by atoms with Gasteiger partial charge < -0.3 is 10.1 Å². The Morgan fingerprint density at radius 1 is 1.13 bits per heavy atom. The molecule has 0 aliphatic carbocycles. The molecular formula is C23H25FN2O4S. The van der Waals surface area contributed by atoms with E-state index < -0.39 is 33.4 Å². The van der Waals surface area contributed by atoms with Crippen molar-refractivity contribution in [2.75, 3.05) is 6.26 Å². The van der Waals surface area contributed by atoms with Crippen LogP contribution in [-0.2, 0) is 14.6 Å². The number of carbonyl (C=O) groups excluding carboxylic acids is 1. The largest absolute Gasteiger partial charge is 0.444 e. The summed E-state index contributed by atoms with van der Waals surface area (Å²) in [6.45, 7) is 7.04. The van der Waals surface area contributed by atoms with E-state index in [0.29, 0.717) is 27.7 Å². The first-order valence-electron chi connectivity index (χ1n) is 9.74. The van der Waals surface area contributed by atoms with Crippen molar-refractivity contribution in [1.29, 1.82) is 0 Å². The molecule has 0 fully saturated rings. The number of nitrogens with zero attached hydrogens (tertiary/aromatic N) is 1. The molecular weight excluding hydrogens is 419 g/mol. The smallest absolute Gasteiger partial charge is 0.408 e. The van der Waals surface area contributed by atoms with Crippen LogP contribution in [0.5, 0.6) is 0 Å². The third kappa shape index (κ3) is 5.38. The van der Waals surface area contributed by atoms with Crippen LogP contribution in [0.4, 0.5) is 9.18 Å². The summed E-state index contributed by atoms with van der Waals surface area (Å²) in [4.78, 5) is 17.0. The number of pyridine rings is 1. The first-order chi connectivity index (χ1) is 14.3. The SMILES string of the molecule is C[C@H](NC(=O)OC(C)(C)C)c1cc2ccc(F)cc2nc1-c1ccccc1S(C)(=O)=O. The van der Waals surface area contributed by atoms with Gasteiger partial charge in [-0.3, -0.25) is 0 Å². The third-order valence-corrected chi connectivity index (χ3v) is 5.71. The molecule has 3 rings (SSSR count). The van der Waals surface area contributed by atoms with Crippen LogP contribution in [0.3, 0.4) is 0 Å². The monoisotopic (exact) mass is 444 g/mol. The van der Waals surface area contributed by atoms with Crippen molar-refractivity contribution >= 4 is 26.8 Å². The summed E-state index contributed by atoms with van der Waals surface area (Å²) in [6.07, 6.45) is 0.510. The molecule has 6 nitrogen and oxygen atoms in total. The Bertz CT molecular complexity index is 1250. The fourth-order valence-corrected chi connectivity index (χ4v) is 4.14. The standard InChI is InChI=1S/C23H25FN2O4S/c1-14(25-22(27)30-23(2,3)4)18-12-15-10-11-16(24)13-19(15)26-21(18)17-8-6-7-9-20(17)31(5,28)29/h6-14H,1-5H3,(H,25,27)/t14-/m0/s1. The van der Waals surface area contributed by atoms with Gasteiger partial charge in [0.1, 0.15) is 11.4 Å². The molecule has 1 heterocycles. The molecule has 1 aromatic heterocycles. The predicted octanol–water partition coefficient (Wildman–Crippen LogP) is 5.03. The zero-order valence-electron chi connectivity index (χ0n) is 18.1. The molecule has 8 heteroatoms. The molecule has 0 aliphatic rings. The van der Waals surface area contributed by atoms with Gasteiger partial charge in [-0.1, -0.05) is 18.2 Å². The Balaban J connectivity index is 2.19. The molecule has 0 bridgehead atoms. The number of aromatic nitrogens is 1. The average Bonchev–Trinajstić information content (AvgIpc) is 2.64. The lowest BCUT2D eigenvalue weighted by molar-refractivity contribution is 0.0508. The number of hydrogen-bond donors (Lipinski definition) is 1. The van der Waals surface area contributed by atoms with E-state index in [0.717, 1.165) is 6.26 Å². The second-order valence-corrected chi connectivity index (χ2v) is 10.4. The van der Waals surface area contributed by atoms with Gasteiger partial charge in [-0.15, -0.1) is 0 Å². The number of sulfone groups is 1. The summed E-state index contributed by atoms with van der Waals surface area (Å²) in [5.41, 5.74) is 1.02. The molecule has 0 spiro atoms. The molecule has 1 amide bonds. The molecule has 0 unspecified atom stereocenters. The first kappa shape index (κ1) is 22.7. The van der Waals surface area contributed by atoms with Gasteiger partial charge >= 0.3 is 6.09 Å². The molecule has 0 aliphatic heterocycles. The van der Waals surface area contributed by atoms with E-state index >= 15 is 0 Å².